The minimum Gasteiger partial charge on any atom is -0.429 e. The number of carbonyl (C=O) groups excluding carboxylic acids is 2. The Morgan fingerprint density at radius 3 is 2.76 bits per heavy atom. The van der Waals surface area contributed by atoms with Gasteiger partial charge in [-0.1, -0.05) is 6.42 Å². The van der Waals surface area contributed by atoms with Gasteiger partial charge in [-0.2, -0.15) is 0 Å². The number of nitrogens with one attached hydrogen (secondary N) is 3. The number of fused-ring (bicyclic) bond motifs is 1. The van der Waals surface area contributed by atoms with Gasteiger partial charge in [-0.3, -0.25) is 9.59 Å². The number of H-pyrrole nitrogens is 1. The van der Waals surface area contributed by atoms with E-state index in [-0.39, 0.29) is 23.8 Å². The van der Waals surface area contributed by atoms with E-state index in [1.807, 2.05) is 0 Å². The molecule has 2 fully saturated rings. The number of aromatic nitrogens is 1. The molecule has 1 aromatic heterocycles. The van der Waals surface area contributed by atoms with Crippen LogP contribution in [-0.4, -0.2) is 28.9 Å². The lowest BCUT2D eigenvalue weighted by molar-refractivity contribution is -0.126. The van der Waals surface area contributed by atoms with Gasteiger partial charge in [0.2, 0.25) is 5.91 Å². The maximum absolute atomic E-state index is 12.5. The molecule has 2 aliphatic rings. The third-order valence-electron chi connectivity index (χ3n) is 4.99. The zero-order chi connectivity index (χ0) is 17.4. The van der Waals surface area contributed by atoms with E-state index in [9.17, 15) is 9.59 Å². The molecule has 0 spiro atoms. The summed E-state index contributed by atoms with van der Waals surface area (Å²) in [7, 11) is 0. The lowest BCUT2D eigenvalue weighted by Crippen LogP contribution is -2.42. The predicted molar refractivity (Wildman–Crippen MR) is 95.8 cm³/mol. The highest BCUT2D eigenvalue weighted by atomic mass is 32.1. The molecule has 7 heteroatoms. The van der Waals surface area contributed by atoms with E-state index in [2.05, 4.69) is 15.6 Å². The summed E-state index contributed by atoms with van der Waals surface area (Å²) < 4.78 is 5.37. The van der Waals surface area contributed by atoms with Gasteiger partial charge in [-0.05, 0) is 62.5 Å². The molecule has 132 valence electrons. The molecule has 2 aromatic rings. The summed E-state index contributed by atoms with van der Waals surface area (Å²) in [5, 5.41) is 6.14. The van der Waals surface area contributed by atoms with Crippen LogP contribution in [0.5, 0.6) is 0 Å². The highest BCUT2D eigenvalue weighted by molar-refractivity contribution is 7.71. The molecule has 2 aliphatic carbocycles. The minimum atomic E-state index is -0.141. The number of hydrogen-bond acceptors (Lipinski definition) is 4. The molecule has 25 heavy (non-hydrogen) atoms. The van der Waals surface area contributed by atoms with Crippen molar-refractivity contribution in [3.63, 3.8) is 0 Å². The Balaban J connectivity index is 1.40. The average Bonchev–Trinajstić information content (AvgIpc) is 3.32. The highest BCUT2D eigenvalue weighted by Crippen LogP contribution is 2.27. The molecule has 6 nitrogen and oxygen atoms in total. The van der Waals surface area contributed by atoms with Crippen molar-refractivity contribution >= 4 is 35.1 Å². The Hall–Kier alpha value is -2.15. The maximum atomic E-state index is 12.5. The second-order valence-corrected chi connectivity index (χ2v) is 7.41. The molecule has 1 heterocycles. The summed E-state index contributed by atoms with van der Waals surface area (Å²) in [6, 6.07) is 5.64. The van der Waals surface area contributed by atoms with E-state index in [1.54, 1.807) is 18.2 Å². The zero-order valence-corrected chi connectivity index (χ0v) is 14.7. The number of amides is 2. The fourth-order valence-corrected chi connectivity index (χ4v) is 3.66. The molecule has 0 bridgehead atoms. The first-order valence-corrected chi connectivity index (χ1v) is 9.23. The van der Waals surface area contributed by atoms with E-state index >= 15 is 0 Å². The Labute approximate surface area is 150 Å². The first-order chi connectivity index (χ1) is 12.1. The van der Waals surface area contributed by atoms with E-state index in [0.29, 0.717) is 28.4 Å². The second-order valence-electron chi connectivity index (χ2n) is 7.04. The van der Waals surface area contributed by atoms with Gasteiger partial charge in [0.05, 0.1) is 5.52 Å². The molecule has 0 aliphatic heterocycles. The summed E-state index contributed by atoms with van der Waals surface area (Å²) in [4.78, 5) is 28.0. The summed E-state index contributed by atoms with van der Waals surface area (Å²) >= 11 is 4.96. The molecule has 0 saturated heterocycles. The molecule has 0 radical (unpaired) electrons. The fraction of sp³-hybridized carbons (Fsp3) is 0.500. The van der Waals surface area contributed by atoms with E-state index in [1.165, 1.54) is 0 Å². The monoisotopic (exact) mass is 359 g/mol. The van der Waals surface area contributed by atoms with Gasteiger partial charge in [0.25, 0.3) is 10.7 Å². The van der Waals surface area contributed by atoms with Crippen molar-refractivity contribution in [2.45, 2.75) is 50.6 Å². The van der Waals surface area contributed by atoms with Gasteiger partial charge in [-0.25, -0.2) is 0 Å². The quantitative estimate of drug-likeness (QED) is 0.732. The van der Waals surface area contributed by atoms with Crippen molar-refractivity contribution in [1.29, 1.82) is 0 Å². The molecule has 1 aromatic carbocycles. The smallest absolute Gasteiger partial charge is 0.266 e. The zero-order valence-electron chi connectivity index (χ0n) is 13.8. The summed E-state index contributed by atoms with van der Waals surface area (Å²) in [6.07, 6.45) is 5.66. The predicted octanol–water partition coefficient (Wildman–Crippen LogP) is 3.06. The van der Waals surface area contributed by atoms with Crippen LogP contribution in [0.4, 0.5) is 0 Å². The van der Waals surface area contributed by atoms with Gasteiger partial charge in [-0.15, -0.1) is 0 Å². The Bertz CT molecular complexity index is 868. The molecular formula is C18H21N3O3S. The number of aromatic amines is 1. The Morgan fingerprint density at radius 1 is 1.12 bits per heavy atom. The van der Waals surface area contributed by atoms with Gasteiger partial charge in [0.1, 0.15) is 0 Å². The van der Waals surface area contributed by atoms with Crippen LogP contribution in [0.3, 0.4) is 0 Å². The molecule has 2 saturated carbocycles. The van der Waals surface area contributed by atoms with Gasteiger partial charge >= 0.3 is 0 Å². The molecular weight excluding hydrogens is 338 g/mol. The van der Waals surface area contributed by atoms with E-state index < -0.39 is 0 Å². The first kappa shape index (κ1) is 16.3. The lowest BCUT2D eigenvalue weighted by Gasteiger charge is -2.29. The van der Waals surface area contributed by atoms with Crippen molar-refractivity contribution in [2.75, 3.05) is 0 Å². The van der Waals surface area contributed by atoms with Gasteiger partial charge in [0.15, 0.2) is 5.58 Å². The van der Waals surface area contributed by atoms with E-state index in [0.717, 1.165) is 37.6 Å². The van der Waals surface area contributed by atoms with Crippen LogP contribution in [0.15, 0.2) is 22.6 Å². The summed E-state index contributed by atoms with van der Waals surface area (Å²) in [6.45, 7) is 0. The number of rotatable bonds is 4. The molecule has 0 unspecified atom stereocenters. The van der Waals surface area contributed by atoms with Crippen LogP contribution in [-0.2, 0) is 4.79 Å². The standard InChI is InChI=1S/C18H21N3O3S/c22-16(19-12-5-6-12)10-2-1-3-13(8-10)20-17(23)11-4-7-14-15(9-11)24-18(25)21-14/h4,7,9-10,12-13H,1-3,5-6,8H2,(H,19,22)(H,20,23)(H,21,25)/t10-,13-/m0/s1. The van der Waals surface area contributed by atoms with Crippen LogP contribution >= 0.6 is 12.2 Å². The second kappa shape index (κ2) is 6.63. The number of benzene rings is 1. The van der Waals surface area contributed by atoms with Crippen molar-refractivity contribution in [1.82, 2.24) is 15.6 Å². The first-order valence-electron chi connectivity index (χ1n) is 8.82. The van der Waals surface area contributed by atoms with Crippen molar-refractivity contribution in [2.24, 2.45) is 5.92 Å². The molecule has 4 rings (SSSR count). The highest BCUT2D eigenvalue weighted by Gasteiger charge is 2.31. The fourth-order valence-electron chi connectivity index (χ4n) is 3.46. The number of carbonyl (C=O) groups is 2. The SMILES string of the molecule is O=C(N[C@H]1CCC[C@H](C(=O)NC2CC2)C1)c1ccc2[nH]c(=S)oc2c1. The van der Waals surface area contributed by atoms with Gasteiger partial charge < -0.3 is 20.0 Å². The Kier molecular flexibility index (Phi) is 4.33. The lowest BCUT2D eigenvalue weighted by atomic mass is 9.85. The van der Waals surface area contributed by atoms with Crippen LogP contribution in [0.2, 0.25) is 0 Å². The van der Waals surface area contributed by atoms with Crippen molar-refractivity contribution in [3.05, 3.63) is 28.6 Å². The topological polar surface area (TPSA) is 87.1 Å². The summed E-state index contributed by atoms with van der Waals surface area (Å²) in [5.41, 5.74) is 1.88. The minimum absolute atomic E-state index is 0.00424. The molecule has 2 amide bonds. The van der Waals surface area contributed by atoms with Crippen LogP contribution in [0.25, 0.3) is 11.1 Å². The van der Waals surface area contributed by atoms with E-state index in [4.69, 9.17) is 16.6 Å². The van der Waals surface area contributed by atoms with Crippen molar-refractivity contribution in [3.8, 4) is 0 Å². The van der Waals surface area contributed by atoms with Crippen LogP contribution in [0.1, 0.15) is 48.9 Å². The third-order valence-corrected chi connectivity index (χ3v) is 5.17. The molecule has 2 atom stereocenters. The van der Waals surface area contributed by atoms with Crippen LogP contribution in [0, 0.1) is 10.8 Å². The number of oxazole rings is 1. The van der Waals surface area contributed by atoms with Crippen molar-refractivity contribution < 1.29 is 14.0 Å². The molecule has 3 N–H and O–H groups in total. The normalized spacial score (nSPS) is 23.4. The third kappa shape index (κ3) is 3.76. The Morgan fingerprint density at radius 2 is 1.96 bits per heavy atom. The summed E-state index contributed by atoms with van der Waals surface area (Å²) in [5.74, 6) is 0.00835. The largest absolute Gasteiger partial charge is 0.429 e. The average molecular weight is 359 g/mol. The van der Waals surface area contributed by atoms with Crippen LogP contribution < -0.4 is 10.6 Å². The maximum Gasteiger partial charge on any atom is 0.266 e. The van der Waals surface area contributed by atoms with Gasteiger partial charge in [0, 0.05) is 23.6 Å². The number of hydrogen-bond donors (Lipinski definition) is 3.